The molecule has 0 spiro atoms. The highest BCUT2D eigenvalue weighted by atomic mass is 31.2. The maximum Gasteiger partial charge on any atom is 0.361 e. The van der Waals surface area contributed by atoms with Crippen LogP contribution in [0.1, 0.15) is 0 Å². The van der Waals surface area contributed by atoms with E-state index in [1.807, 2.05) is 0 Å². The molecule has 0 saturated heterocycles. The van der Waals surface area contributed by atoms with E-state index in [1.165, 1.54) is 0 Å². The molecule has 0 heterocycles. The summed E-state index contributed by atoms with van der Waals surface area (Å²) in [6.07, 6.45) is 0. The summed E-state index contributed by atoms with van der Waals surface area (Å²) in [6, 6.07) is 0. The summed E-state index contributed by atoms with van der Waals surface area (Å²) < 4.78 is 0.919. The van der Waals surface area contributed by atoms with Crippen molar-refractivity contribution >= 4 is 15.9 Å². The first kappa shape index (κ1) is 9.42. The van der Waals surface area contributed by atoms with E-state index in [-0.39, 0.29) is 0 Å². The van der Waals surface area contributed by atoms with Gasteiger partial charge in [-0.05, 0) is 0 Å². The molecule has 0 bridgehead atoms. The van der Waals surface area contributed by atoms with Crippen molar-refractivity contribution in [2.45, 2.75) is 0 Å². The number of hydrogen-bond acceptors (Lipinski definition) is 2. The monoisotopic (exact) mass is 172 g/mol. The van der Waals surface area contributed by atoms with Crippen LogP contribution in [-0.2, 0) is 0 Å². The maximum atomic E-state index is 5.20. The van der Waals surface area contributed by atoms with Gasteiger partial charge in [-0.25, -0.2) is 27.5 Å². The predicted octanol–water partition coefficient (Wildman–Crippen LogP) is -2.16. The fraction of sp³-hybridized carbons (Fsp3) is 0. The van der Waals surface area contributed by atoms with E-state index < -0.39 is 15.9 Å². The Morgan fingerprint density at radius 2 is 1.44 bits per heavy atom. The van der Waals surface area contributed by atoms with Crippen LogP contribution < -0.4 is 33.4 Å². The molecule has 9 heteroatoms. The van der Waals surface area contributed by atoms with Crippen molar-refractivity contribution in [3.63, 3.8) is 0 Å². The minimum atomic E-state index is -2.67. The molecule has 0 aliphatic rings. The predicted molar refractivity (Wildman–Crippen MR) is 39.2 cm³/mol. The molecule has 9 heavy (non-hydrogen) atoms. The largest absolute Gasteiger partial charge is 0.361 e. The van der Waals surface area contributed by atoms with E-state index in [1.54, 1.807) is 0 Å². The Morgan fingerprint density at radius 1 is 1.11 bits per heavy atom. The van der Waals surface area contributed by atoms with Gasteiger partial charge in [0.15, 0.2) is 0 Å². The molecular formula is H12N7P2+. The van der Waals surface area contributed by atoms with Gasteiger partial charge in [-0.3, -0.25) is 0 Å². The lowest BCUT2D eigenvalue weighted by atomic mass is 13.0. The third-order valence-electron chi connectivity index (χ3n) is 0.592. The fourth-order valence-corrected chi connectivity index (χ4v) is 1.61. The van der Waals surface area contributed by atoms with Crippen LogP contribution in [0.4, 0.5) is 0 Å². The van der Waals surface area contributed by atoms with E-state index in [9.17, 15) is 0 Å². The Hall–Kier alpha value is 0.420. The van der Waals surface area contributed by atoms with E-state index in [0.717, 1.165) is 4.21 Å². The molecule has 0 aromatic rings. The third kappa shape index (κ3) is 3.20. The lowest BCUT2D eigenvalue weighted by Crippen LogP contribution is -2.31. The number of hydrazine groups is 1. The van der Waals surface area contributed by atoms with E-state index >= 15 is 0 Å². The molecular weight excluding hydrogens is 160 g/mol. The molecule has 56 valence electrons. The van der Waals surface area contributed by atoms with Crippen LogP contribution in [0.5, 0.6) is 0 Å². The standard InChI is InChI=1S/H11N7P2/c1-7(8(2)3)9(4,5)6/h1-3H2,(H5,4,5,6)/p+1. The van der Waals surface area contributed by atoms with E-state index in [2.05, 4.69) is 0 Å². The fourth-order valence-electron chi connectivity index (χ4n) is 0.179. The molecule has 0 amide bonds. The van der Waals surface area contributed by atoms with Gasteiger partial charge in [-0.15, -0.1) is 5.84 Å². The summed E-state index contributed by atoms with van der Waals surface area (Å²) in [5.41, 5.74) is 25.9. The van der Waals surface area contributed by atoms with Crippen molar-refractivity contribution < 1.29 is 4.21 Å². The minimum absolute atomic E-state index is 0.919. The Morgan fingerprint density at radius 3 is 1.44 bits per heavy atom. The Kier molecular flexibility index (Phi) is 3.15. The van der Waals surface area contributed by atoms with Crippen LogP contribution >= 0.6 is 15.9 Å². The zero-order valence-electron chi connectivity index (χ0n) is 4.81. The molecule has 0 saturated carbocycles. The molecule has 0 atom stereocenters. The van der Waals surface area contributed by atoms with Gasteiger partial charge < -0.3 is 0 Å². The first-order valence-electron chi connectivity index (χ1n) is 1.95. The van der Waals surface area contributed by atoms with Gasteiger partial charge in [-0.2, -0.15) is 0 Å². The average molecular weight is 172 g/mol. The van der Waals surface area contributed by atoms with Crippen LogP contribution in [0.3, 0.4) is 0 Å². The number of hydrogen-bond donors (Lipinski definition) is 6. The van der Waals surface area contributed by atoms with Gasteiger partial charge in [0.05, 0.1) is 0 Å². The molecule has 0 aliphatic heterocycles. The number of nitrogens with zero attached hydrogens (tertiary/aromatic N) is 1. The molecule has 0 rings (SSSR count). The highest BCUT2D eigenvalue weighted by Gasteiger charge is 2.18. The van der Waals surface area contributed by atoms with Crippen LogP contribution in [0.25, 0.3) is 0 Å². The van der Waals surface area contributed by atoms with Gasteiger partial charge in [0.25, 0.3) is 0 Å². The zero-order valence-corrected chi connectivity index (χ0v) is 6.59. The molecule has 0 fully saturated rings. The third-order valence-corrected chi connectivity index (χ3v) is 3.32. The second kappa shape index (κ2) is 3.01. The molecule has 7 nitrogen and oxygen atoms in total. The summed E-state index contributed by atoms with van der Waals surface area (Å²) in [7, 11) is -4.14. The number of rotatable bonds is 1. The Balaban J connectivity index is 4.50. The molecule has 12 N–H and O–H groups in total. The molecule has 0 aromatic carbocycles. The van der Waals surface area contributed by atoms with Crippen molar-refractivity contribution in [2.24, 2.45) is 33.4 Å². The van der Waals surface area contributed by atoms with Crippen molar-refractivity contribution in [2.75, 3.05) is 0 Å². The highest BCUT2D eigenvalue weighted by Crippen LogP contribution is 2.26. The highest BCUT2D eigenvalue weighted by molar-refractivity contribution is 7.61. The van der Waals surface area contributed by atoms with Gasteiger partial charge in [0, 0.05) is 0 Å². The molecule has 0 unspecified atom stereocenters. The lowest BCUT2D eigenvalue weighted by molar-refractivity contribution is -0.356. The van der Waals surface area contributed by atoms with Gasteiger partial charge in [0.1, 0.15) is 0 Å². The maximum absolute atomic E-state index is 5.20. The minimum Gasteiger partial charge on any atom is -0.239 e. The summed E-state index contributed by atoms with van der Waals surface area (Å²) in [5, 5.41) is 0. The normalized spacial score (nSPS) is 12.3. The van der Waals surface area contributed by atoms with Crippen molar-refractivity contribution in [3.05, 3.63) is 0 Å². The lowest BCUT2D eigenvalue weighted by Gasteiger charge is -2.05. The topological polar surface area (TPSA) is 159 Å². The molecule has 0 aromatic heterocycles. The summed E-state index contributed by atoms with van der Waals surface area (Å²) in [6.45, 7) is 0. The average Bonchev–Trinajstić information content (AvgIpc) is 1.62. The van der Waals surface area contributed by atoms with Crippen molar-refractivity contribution in [1.29, 1.82) is 0 Å². The first-order valence-corrected chi connectivity index (χ1v) is 5.33. The summed E-state index contributed by atoms with van der Waals surface area (Å²) in [4.78, 5) is 0. The van der Waals surface area contributed by atoms with E-state index in [0.29, 0.717) is 0 Å². The van der Waals surface area contributed by atoms with Gasteiger partial charge >= 0.3 is 15.9 Å². The second-order valence-corrected chi connectivity index (χ2v) is 5.02. The smallest absolute Gasteiger partial charge is 0.239 e. The van der Waals surface area contributed by atoms with Crippen LogP contribution in [0, 0.1) is 0 Å². The summed E-state index contributed by atoms with van der Waals surface area (Å²) in [5.74, 6) is 5.18. The van der Waals surface area contributed by atoms with Crippen LogP contribution in [0.2, 0.25) is 0 Å². The van der Waals surface area contributed by atoms with Gasteiger partial charge in [0.2, 0.25) is 0 Å². The van der Waals surface area contributed by atoms with Crippen LogP contribution in [-0.4, -0.2) is 4.21 Å². The Labute approximate surface area is 54.4 Å². The molecule has 0 radical (unpaired) electrons. The van der Waals surface area contributed by atoms with Crippen molar-refractivity contribution in [1.82, 2.24) is 0 Å². The first-order chi connectivity index (χ1) is 3.85. The van der Waals surface area contributed by atoms with Gasteiger partial charge in [-0.1, -0.05) is 4.21 Å². The SMILES string of the molecule is N[N+](P(N)N)=P(N)(N)N. The Bertz CT molecular complexity index is 131. The molecule has 0 aliphatic carbocycles. The van der Waals surface area contributed by atoms with E-state index in [4.69, 9.17) is 33.4 Å². The summed E-state index contributed by atoms with van der Waals surface area (Å²) >= 11 is 0. The van der Waals surface area contributed by atoms with Crippen molar-refractivity contribution in [3.8, 4) is 0 Å². The second-order valence-electron chi connectivity index (χ2n) is 1.49. The van der Waals surface area contributed by atoms with Crippen LogP contribution in [0.15, 0.2) is 0 Å². The number of nitrogens with two attached hydrogens (primary N) is 6. The zero-order chi connectivity index (χ0) is 7.65. The quantitative estimate of drug-likeness (QED) is 0.150.